The van der Waals surface area contributed by atoms with E-state index in [0.29, 0.717) is 23.7 Å². The Labute approximate surface area is 181 Å². The molecule has 0 spiro atoms. The number of ether oxygens (including phenoxy) is 2. The molecular formula is C20H17IN2O4S. The van der Waals surface area contributed by atoms with Crippen molar-refractivity contribution in [2.45, 2.75) is 13.5 Å². The van der Waals surface area contributed by atoms with E-state index in [1.165, 1.54) is 11.6 Å². The molecule has 0 radical (unpaired) electrons. The van der Waals surface area contributed by atoms with Gasteiger partial charge in [0, 0.05) is 0 Å². The molecule has 0 saturated carbocycles. The smallest absolute Gasteiger partial charge is 0.263 e. The van der Waals surface area contributed by atoms with Crippen LogP contribution in [0.15, 0.2) is 42.0 Å². The van der Waals surface area contributed by atoms with Crippen molar-refractivity contribution in [3.8, 4) is 11.5 Å². The highest BCUT2D eigenvalue weighted by Crippen LogP contribution is 2.35. The minimum atomic E-state index is -0.539. The van der Waals surface area contributed by atoms with Gasteiger partial charge in [0.2, 0.25) is 0 Å². The first-order valence-electron chi connectivity index (χ1n) is 8.31. The van der Waals surface area contributed by atoms with E-state index in [0.717, 1.165) is 9.13 Å². The topological polar surface area (TPSA) is 76.7 Å². The van der Waals surface area contributed by atoms with Gasteiger partial charge in [-0.2, -0.15) is 0 Å². The first-order chi connectivity index (χ1) is 13.4. The predicted molar refractivity (Wildman–Crippen MR) is 118 cm³/mol. The highest BCUT2D eigenvalue weighted by atomic mass is 127. The normalized spacial score (nSPS) is 13.7. The lowest BCUT2D eigenvalue weighted by Gasteiger charge is -2.17. The molecule has 1 aliphatic heterocycles. The van der Waals surface area contributed by atoms with E-state index in [9.17, 15) is 9.59 Å². The fourth-order valence-corrected chi connectivity index (χ4v) is 3.54. The Kier molecular flexibility index (Phi) is 6.30. The van der Waals surface area contributed by atoms with Crippen LogP contribution >= 0.6 is 34.8 Å². The van der Waals surface area contributed by atoms with Crippen LogP contribution in [-0.2, 0) is 16.2 Å². The summed E-state index contributed by atoms with van der Waals surface area (Å²) in [5.41, 5.74) is 2.84. The number of rotatable bonds is 5. The number of nitrogens with one attached hydrogen (secondary N) is 2. The second kappa shape index (κ2) is 8.70. The van der Waals surface area contributed by atoms with Gasteiger partial charge in [-0.25, -0.2) is 0 Å². The molecule has 2 aromatic rings. The van der Waals surface area contributed by atoms with Crippen molar-refractivity contribution in [1.29, 1.82) is 0 Å². The molecule has 2 N–H and O–H groups in total. The highest BCUT2D eigenvalue weighted by molar-refractivity contribution is 14.1. The molecule has 1 fully saturated rings. The third-order valence-corrected chi connectivity index (χ3v) is 5.02. The van der Waals surface area contributed by atoms with Gasteiger partial charge in [-0.3, -0.25) is 20.2 Å². The fourth-order valence-electron chi connectivity index (χ4n) is 2.58. The van der Waals surface area contributed by atoms with Crippen LogP contribution in [0.3, 0.4) is 0 Å². The van der Waals surface area contributed by atoms with Crippen molar-refractivity contribution in [3.05, 3.63) is 62.2 Å². The summed E-state index contributed by atoms with van der Waals surface area (Å²) in [5, 5.41) is 4.82. The van der Waals surface area contributed by atoms with E-state index in [4.69, 9.17) is 21.7 Å². The molecule has 1 saturated heterocycles. The van der Waals surface area contributed by atoms with Crippen molar-refractivity contribution >= 4 is 57.8 Å². The van der Waals surface area contributed by atoms with E-state index in [-0.39, 0.29) is 10.7 Å². The van der Waals surface area contributed by atoms with Gasteiger partial charge in [0.15, 0.2) is 16.6 Å². The second-order valence-corrected chi connectivity index (χ2v) is 7.67. The summed E-state index contributed by atoms with van der Waals surface area (Å²) in [4.78, 5) is 24.0. The standard InChI is InChI=1S/C20H17IN2O4S/c1-11-3-5-12(6-4-11)10-27-17-15(21)8-13(9-16(17)26-2)7-14-18(24)22-20(28)23-19(14)25/h3-9H,10H2,1-2H3,(H2,22,23,24,25,28). The SMILES string of the molecule is COc1cc(C=C2C(=O)NC(=S)NC2=O)cc(I)c1OCc1ccc(C)cc1. The lowest BCUT2D eigenvalue weighted by Crippen LogP contribution is -2.51. The van der Waals surface area contributed by atoms with Crippen molar-refractivity contribution in [2.75, 3.05) is 7.11 Å². The van der Waals surface area contributed by atoms with Crippen LogP contribution in [-0.4, -0.2) is 24.0 Å². The van der Waals surface area contributed by atoms with Crippen LogP contribution in [0.4, 0.5) is 0 Å². The largest absolute Gasteiger partial charge is 0.493 e. The first kappa shape index (κ1) is 20.3. The van der Waals surface area contributed by atoms with Gasteiger partial charge in [-0.15, -0.1) is 0 Å². The zero-order valence-electron chi connectivity index (χ0n) is 15.2. The maximum absolute atomic E-state index is 12.0. The average molecular weight is 508 g/mol. The number of carbonyl (C=O) groups excluding carboxylic acids is 2. The molecule has 0 bridgehead atoms. The molecule has 0 aliphatic carbocycles. The van der Waals surface area contributed by atoms with Crippen LogP contribution in [0.2, 0.25) is 0 Å². The Balaban J connectivity index is 1.86. The molecule has 3 rings (SSSR count). The Morgan fingerprint density at radius 1 is 1.11 bits per heavy atom. The van der Waals surface area contributed by atoms with Crippen LogP contribution in [0.5, 0.6) is 11.5 Å². The average Bonchev–Trinajstić information content (AvgIpc) is 2.64. The van der Waals surface area contributed by atoms with Crippen LogP contribution in [0.25, 0.3) is 6.08 Å². The van der Waals surface area contributed by atoms with Gasteiger partial charge in [-0.1, -0.05) is 29.8 Å². The lowest BCUT2D eigenvalue weighted by atomic mass is 10.1. The van der Waals surface area contributed by atoms with Gasteiger partial charge in [0.25, 0.3) is 11.8 Å². The van der Waals surface area contributed by atoms with E-state index in [1.54, 1.807) is 13.2 Å². The fraction of sp³-hybridized carbons (Fsp3) is 0.150. The van der Waals surface area contributed by atoms with Crippen LogP contribution in [0, 0.1) is 10.5 Å². The summed E-state index contributed by atoms with van der Waals surface area (Å²) in [6.07, 6.45) is 1.49. The van der Waals surface area contributed by atoms with E-state index in [1.807, 2.05) is 37.3 Å². The van der Waals surface area contributed by atoms with Gasteiger partial charge >= 0.3 is 0 Å². The number of carbonyl (C=O) groups is 2. The summed E-state index contributed by atoms with van der Waals surface area (Å²) in [7, 11) is 1.54. The van der Waals surface area contributed by atoms with E-state index in [2.05, 4.69) is 33.2 Å². The number of hydrogen-bond acceptors (Lipinski definition) is 5. The summed E-state index contributed by atoms with van der Waals surface area (Å²) in [6, 6.07) is 11.6. The zero-order chi connectivity index (χ0) is 20.3. The molecule has 1 heterocycles. The van der Waals surface area contributed by atoms with Crippen molar-refractivity contribution in [2.24, 2.45) is 0 Å². The van der Waals surface area contributed by atoms with Gasteiger partial charge in [0.1, 0.15) is 12.2 Å². The first-order valence-corrected chi connectivity index (χ1v) is 9.80. The minimum Gasteiger partial charge on any atom is -0.493 e. The number of hydrogen-bond donors (Lipinski definition) is 2. The Morgan fingerprint density at radius 3 is 2.36 bits per heavy atom. The molecule has 0 unspecified atom stereocenters. The Bertz CT molecular complexity index is 964. The highest BCUT2D eigenvalue weighted by Gasteiger charge is 2.26. The zero-order valence-corrected chi connectivity index (χ0v) is 18.1. The van der Waals surface area contributed by atoms with Crippen molar-refractivity contribution < 1.29 is 19.1 Å². The Morgan fingerprint density at radius 2 is 1.75 bits per heavy atom. The van der Waals surface area contributed by atoms with E-state index < -0.39 is 11.8 Å². The molecule has 0 atom stereocenters. The van der Waals surface area contributed by atoms with Crippen molar-refractivity contribution in [1.82, 2.24) is 10.6 Å². The molecule has 8 heteroatoms. The quantitative estimate of drug-likeness (QED) is 0.281. The van der Waals surface area contributed by atoms with Crippen LogP contribution < -0.4 is 20.1 Å². The summed E-state index contributed by atoms with van der Waals surface area (Å²) in [5.74, 6) is 0.0346. The third-order valence-electron chi connectivity index (χ3n) is 4.01. The number of aryl methyl sites for hydroxylation is 1. The Hall–Kier alpha value is -2.46. The minimum absolute atomic E-state index is 0.000773. The van der Waals surface area contributed by atoms with Gasteiger partial charge in [-0.05, 0) is 71.1 Å². The van der Waals surface area contributed by atoms with Crippen LogP contribution in [0.1, 0.15) is 16.7 Å². The summed E-state index contributed by atoms with van der Waals surface area (Å²) >= 11 is 6.94. The maximum Gasteiger partial charge on any atom is 0.263 e. The number of benzene rings is 2. The molecule has 6 nitrogen and oxygen atoms in total. The maximum atomic E-state index is 12.0. The molecule has 2 aromatic carbocycles. The van der Waals surface area contributed by atoms with Gasteiger partial charge in [0.05, 0.1) is 10.7 Å². The predicted octanol–water partition coefficient (Wildman–Crippen LogP) is 3.10. The molecule has 1 aliphatic rings. The second-order valence-electron chi connectivity index (χ2n) is 6.10. The third kappa shape index (κ3) is 4.68. The summed E-state index contributed by atoms with van der Waals surface area (Å²) < 4.78 is 12.2. The number of halogens is 1. The number of methoxy groups -OCH3 is 1. The molecule has 144 valence electrons. The lowest BCUT2D eigenvalue weighted by molar-refractivity contribution is -0.123. The monoisotopic (exact) mass is 508 g/mol. The van der Waals surface area contributed by atoms with Gasteiger partial charge < -0.3 is 9.47 Å². The van der Waals surface area contributed by atoms with E-state index >= 15 is 0 Å². The molecular weight excluding hydrogens is 491 g/mol. The number of amides is 2. The number of thiocarbonyl (C=S) groups is 1. The summed E-state index contributed by atoms with van der Waals surface area (Å²) in [6.45, 7) is 2.43. The molecule has 2 amide bonds. The molecule has 28 heavy (non-hydrogen) atoms. The van der Waals surface area contributed by atoms with Crippen molar-refractivity contribution in [3.63, 3.8) is 0 Å². The molecule has 0 aromatic heterocycles.